The van der Waals surface area contributed by atoms with Crippen molar-refractivity contribution in [2.75, 3.05) is 6.54 Å². The van der Waals surface area contributed by atoms with Gasteiger partial charge in [0.05, 0.1) is 18.9 Å². The highest BCUT2D eigenvalue weighted by Gasteiger charge is 2.22. The zero-order valence-corrected chi connectivity index (χ0v) is 12.8. The summed E-state index contributed by atoms with van der Waals surface area (Å²) in [6.07, 6.45) is 2.87. The van der Waals surface area contributed by atoms with E-state index in [1.54, 1.807) is 0 Å². The third kappa shape index (κ3) is 6.87. The molecule has 0 aromatic carbocycles. The van der Waals surface area contributed by atoms with Gasteiger partial charge in [-0.1, -0.05) is 0 Å². The van der Waals surface area contributed by atoms with Gasteiger partial charge in [-0.15, -0.1) is 0 Å². The average Bonchev–Trinajstić information content (AvgIpc) is 3.02. The van der Waals surface area contributed by atoms with Crippen LogP contribution in [0.1, 0.15) is 18.5 Å². The number of H-pyrrole nitrogens is 1. The molecule has 0 aliphatic heterocycles. The van der Waals surface area contributed by atoms with Crippen LogP contribution in [0.15, 0.2) is 12.5 Å². The molecule has 3 amide bonds. The van der Waals surface area contributed by atoms with E-state index in [0.717, 1.165) is 0 Å². The Morgan fingerprint density at radius 1 is 1.33 bits per heavy atom. The van der Waals surface area contributed by atoms with E-state index in [9.17, 15) is 19.2 Å². The molecule has 1 aromatic rings. The number of hydrogen-bond acceptors (Lipinski definition) is 6. The standard InChI is InChI=1S/C13H20N6O5/c14-8(1-2-10(15)20)12(22)17-5-11(21)19-9(13(23)24)3-7-4-16-6-18-7/h4,6,8-9H,1-3,5,14H2,(H2,15,20)(H,16,18)(H,17,22)(H,19,21)(H,23,24)/t8-,9-/m0/s1. The zero-order valence-electron chi connectivity index (χ0n) is 12.8. The molecule has 1 aromatic heterocycles. The van der Waals surface area contributed by atoms with E-state index in [-0.39, 0.29) is 19.3 Å². The molecule has 0 bridgehead atoms. The van der Waals surface area contributed by atoms with Gasteiger partial charge in [-0.2, -0.15) is 0 Å². The number of aromatic amines is 1. The molecule has 2 atom stereocenters. The number of carboxylic acid groups (broad SMARTS) is 1. The van der Waals surface area contributed by atoms with Crippen molar-refractivity contribution >= 4 is 23.7 Å². The van der Waals surface area contributed by atoms with Gasteiger partial charge in [0.2, 0.25) is 17.7 Å². The van der Waals surface area contributed by atoms with Gasteiger partial charge in [0.25, 0.3) is 0 Å². The van der Waals surface area contributed by atoms with E-state index in [2.05, 4.69) is 20.6 Å². The topological polar surface area (TPSA) is 193 Å². The van der Waals surface area contributed by atoms with Gasteiger partial charge in [-0.25, -0.2) is 9.78 Å². The van der Waals surface area contributed by atoms with Crippen LogP contribution >= 0.6 is 0 Å². The average molecular weight is 340 g/mol. The summed E-state index contributed by atoms with van der Waals surface area (Å²) < 4.78 is 0. The Hall–Kier alpha value is -2.95. The van der Waals surface area contributed by atoms with Crippen molar-refractivity contribution in [3.05, 3.63) is 18.2 Å². The van der Waals surface area contributed by atoms with Crippen molar-refractivity contribution in [3.63, 3.8) is 0 Å². The largest absolute Gasteiger partial charge is 0.480 e. The fourth-order valence-corrected chi connectivity index (χ4v) is 1.79. The van der Waals surface area contributed by atoms with Crippen molar-refractivity contribution in [1.82, 2.24) is 20.6 Å². The van der Waals surface area contributed by atoms with Crippen LogP contribution in [0, 0.1) is 0 Å². The Morgan fingerprint density at radius 2 is 2.04 bits per heavy atom. The van der Waals surface area contributed by atoms with Crippen molar-refractivity contribution in [2.45, 2.75) is 31.3 Å². The first kappa shape index (κ1) is 19.1. The molecule has 8 N–H and O–H groups in total. The van der Waals surface area contributed by atoms with Crippen LogP contribution in [0.2, 0.25) is 0 Å². The summed E-state index contributed by atoms with van der Waals surface area (Å²) in [5.41, 5.74) is 11.0. The molecule has 0 saturated heterocycles. The summed E-state index contributed by atoms with van der Waals surface area (Å²) in [5, 5.41) is 13.7. The first-order valence-corrected chi connectivity index (χ1v) is 7.10. The summed E-state index contributed by atoms with van der Waals surface area (Å²) in [6, 6.07) is -2.15. The minimum atomic E-state index is -1.22. The second-order valence-corrected chi connectivity index (χ2v) is 5.07. The van der Waals surface area contributed by atoms with E-state index < -0.39 is 42.3 Å². The van der Waals surface area contributed by atoms with E-state index in [4.69, 9.17) is 16.6 Å². The molecule has 0 aliphatic rings. The lowest BCUT2D eigenvalue weighted by molar-refractivity contribution is -0.141. The van der Waals surface area contributed by atoms with Gasteiger partial charge >= 0.3 is 5.97 Å². The van der Waals surface area contributed by atoms with Gasteiger partial charge < -0.3 is 32.2 Å². The normalized spacial score (nSPS) is 12.9. The quantitative estimate of drug-likeness (QED) is 0.265. The van der Waals surface area contributed by atoms with Crippen molar-refractivity contribution in [2.24, 2.45) is 11.5 Å². The number of carbonyl (C=O) groups excluding carboxylic acids is 3. The molecular weight excluding hydrogens is 320 g/mol. The summed E-state index contributed by atoms with van der Waals surface area (Å²) in [4.78, 5) is 51.7. The SMILES string of the molecule is NC(=O)CC[C@H](N)C(=O)NCC(=O)N[C@@H](Cc1cnc[nH]1)C(=O)O. The fraction of sp³-hybridized carbons (Fsp3) is 0.462. The number of aliphatic carboxylic acids is 1. The maximum atomic E-state index is 11.7. The second-order valence-electron chi connectivity index (χ2n) is 5.07. The first-order chi connectivity index (χ1) is 11.3. The maximum Gasteiger partial charge on any atom is 0.326 e. The minimum Gasteiger partial charge on any atom is -0.480 e. The lowest BCUT2D eigenvalue weighted by atomic mass is 10.1. The van der Waals surface area contributed by atoms with Gasteiger partial charge in [-0.05, 0) is 6.42 Å². The van der Waals surface area contributed by atoms with Gasteiger partial charge in [-0.3, -0.25) is 14.4 Å². The smallest absolute Gasteiger partial charge is 0.326 e. The van der Waals surface area contributed by atoms with Crippen LogP contribution in [0.25, 0.3) is 0 Å². The third-order valence-electron chi connectivity index (χ3n) is 3.07. The lowest BCUT2D eigenvalue weighted by Gasteiger charge is -2.15. The number of aromatic nitrogens is 2. The van der Waals surface area contributed by atoms with Gasteiger partial charge in [0.15, 0.2) is 0 Å². The molecule has 0 unspecified atom stereocenters. The predicted octanol–water partition coefficient (Wildman–Crippen LogP) is -2.77. The summed E-state index contributed by atoms with van der Waals surface area (Å²) in [7, 11) is 0. The number of primary amides is 1. The predicted molar refractivity (Wildman–Crippen MR) is 81.3 cm³/mol. The number of carboxylic acids is 1. The molecule has 0 radical (unpaired) electrons. The van der Waals surface area contributed by atoms with Crippen LogP contribution in [-0.4, -0.2) is 57.4 Å². The van der Waals surface area contributed by atoms with Crippen LogP contribution in [-0.2, 0) is 25.6 Å². The highest BCUT2D eigenvalue weighted by atomic mass is 16.4. The number of imidazole rings is 1. The van der Waals surface area contributed by atoms with E-state index in [1.165, 1.54) is 12.5 Å². The van der Waals surface area contributed by atoms with Crippen LogP contribution in [0.4, 0.5) is 0 Å². The molecule has 11 heteroatoms. The maximum absolute atomic E-state index is 11.7. The molecule has 0 aliphatic carbocycles. The van der Waals surface area contributed by atoms with Crippen molar-refractivity contribution < 1.29 is 24.3 Å². The van der Waals surface area contributed by atoms with Gasteiger partial charge in [0.1, 0.15) is 6.04 Å². The number of hydrogen-bond donors (Lipinski definition) is 6. The summed E-state index contributed by atoms with van der Waals surface area (Å²) in [5.74, 6) is -3.12. The van der Waals surface area contributed by atoms with Crippen LogP contribution < -0.4 is 22.1 Å². The molecule has 24 heavy (non-hydrogen) atoms. The monoisotopic (exact) mass is 340 g/mol. The Bertz CT molecular complexity index is 588. The number of nitrogens with two attached hydrogens (primary N) is 2. The number of carbonyl (C=O) groups is 4. The van der Waals surface area contributed by atoms with Crippen molar-refractivity contribution in [1.29, 1.82) is 0 Å². The summed E-state index contributed by atoms with van der Waals surface area (Å²) in [6.45, 7) is -0.435. The first-order valence-electron chi connectivity index (χ1n) is 7.10. The van der Waals surface area contributed by atoms with Crippen LogP contribution in [0.3, 0.4) is 0 Å². The number of nitrogens with zero attached hydrogens (tertiary/aromatic N) is 1. The third-order valence-corrected chi connectivity index (χ3v) is 3.07. The molecule has 11 nitrogen and oxygen atoms in total. The molecule has 0 fully saturated rings. The molecule has 1 rings (SSSR count). The lowest BCUT2D eigenvalue weighted by Crippen LogP contribution is -2.49. The Balaban J connectivity index is 2.41. The minimum absolute atomic E-state index is 0.0210. The fourth-order valence-electron chi connectivity index (χ4n) is 1.79. The molecule has 132 valence electrons. The Morgan fingerprint density at radius 3 is 2.58 bits per heavy atom. The van der Waals surface area contributed by atoms with Gasteiger partial charge in [0, 0.05) is 24.7 Å². The molecule has 0 spiro atoms. The number of rotatable bonds is 10. The van der Waals surface area contributed by atoms with E-state index in [1.807, 2.05) is 0 Å². The van der Waals surface area contributed by atoms with E-state index in [0.29, 0.717) is 5.69 Å². The van der Waals surface area contributed by atoms with Crippen molar-refractivity contribution in [3.8, 4) is 0 Å². The highest BCUT2D eigenvalue weighted by Crippen LogP contribution is 1.99. The Labute approximate surface area is 137 Å². The number of amides is 3. The molecule has 0 saturated carbocycles. The van der Waals surface area contributed by atoms with E-state index >= 15 is 0 Å². The highest BCUT2D eigenvalue weighted by molar-refractivity contribution is 5.89. The zero-order chi connectivity index (χ0) is 18.1. The number of nitrogens with one attached hydrogen (secondary N) is 3. The Kier molecular flexibility index (Phi) is 7.36. The van der Waals surface area contributed by atoms with Crippen LogP contribution in [0.5, 0.6) is 0 Å². The summed E-state index contributed by atoms with van der Waals surface area (Å²) >= 11 is 0. The second kappa shape index (κ2) is 9.25. The molecule has 1 heterocycles. The molecular formula is C13H20N6O5.